The maximum absolute atomic E-state index is 11.3. The molecule has 0 N–H and O–H groups in total. The molecule has 1 heterocycles. The maximum atomic E-state index is 11.3. The molecular formula is C9H15NO3Sn. The molecule has 1 aromatic rings. The van der Waals surface area contributed by atoms with Crippen molar-refractivity contribution in [2.24, 2.45) is 0 Å². The average Bonchev–Trinajstić information content (AvgIpc) is 2.51. The molecule has 0 atom stereocenters. The van der Waals surface area contributed by atoms with Gasteiger partial charge in [0.05, 0.1) is 0 Å². The second-order valence-corrected chi connectivity index (χ2v) is 18.3. The normalized spacial score (nSPS) is 11.4. The molecule has 0 fully saturated rings. The van der Waals surface area contributed by atoms with Crippen molar-refractivity contribution in [2.75, 3.05) is 6.61 Å². The predicted octanol–water partition coefficient (Wildman–Crippen LogP) is 1.40. The number of hydrogen-bond donors (Lipinski definition) is 0. The minimum atomic E-state index is -2.22. The van der Waals surface area contributed by atoms with Crippen LogP contribution in [0.15, 0.2) is 10.6 Å². The average molecular weight is 304 g/mol. The van der Waals surface area contributed by atoms with E-state index in [2.05, 4.69) is 20.0 Å². The van der Waals surface area contributed by atoms with Crippen molar-refractivity contribution < 1.29 is 14.1 Å². The van der Waals surface area contributed by atoms with E-state index in [4.69, 9.17) is 9.26 Å². The summed E-state index contributed by atoms with van der Waals surface area (Å²) in [5, 5.41) is 3.70. The van der Waals surface area contributed by atoms with Crippen LogP contribution in [-0.2, 0) is 4.74 Å². The third-order valence-electron chi connectivity index (χ3n) is 1.73. The summed E-state index contributed by atoms with van der Waals surface area (Å²) < 4.78 is 10.8. The molecular weight excluding hydrogens is 289 g/mol. The summed E-state index contributed by atoms with van der Waals surface area (Å²) in [5.74, 6) is -0.405. The number of ether oxygens (including phenoxy) is 1. The molecule has 0 aliphatic carbocycles. The quantitative estimate of drug-likeness (QED) is 0.625. The van der Waals surface area contributed by atoms with Crippen molar-refractivity contribution >= 4 is 28.1 Å². The van der Waals surface area contributed by atoms with Gasteiger partial charge in [-0.15, -0.1) is 0 Å². The van der Waals surface area contributed by atoms with Gasteiger partial charge in [-0.3, -0.25) is 0 Å². The van der Waals surface area contributed by atoms with E-state index in [0.29, 0.717) is 6.61 Å². The summed E-state index contributed by atoms with van der Waals surface area (Å²) in [6.07, 6.45) is 0. The van der Waals surface area contributed by atoms with Crippen LogP contribution >= 0.6 is 0 Å². The monoisotopic (exact) mass is 305 g/mol. The van der Waals surface area contributed by atoms with Gasteiger partial charge in [0, 0.05) is 0 Å². The molecule has 0 spiro atoms. The van der Waals surface area contributed by atoms with E-state index >= 15 is 0 Å². The van der Waals surface area contributed by atoms with Gasteiger partial charge in [0.25, 0.3) is 0 Å². The van der Waals surface area contributed by atoms with E-state index < -0.39 is 24.3 Å². The Hall–Kier alpha value is -0.521. The molecule has 0 aliphatic heterocycles. The number of nitrogens with zero attached hydrogens (tertiary/aromatic N) is 1. The number of rotatable bonds is 3. The summed E-state index contributed by atoms with van der Waals surface area (Å²) in [7, 11) is 0. The Kier molecular flexibility index (Phi) is 3.58. The number of hydrogen-bond acceptors (Lipinski definition) is 4. The van der Waals surface area contributed by atoms with Crippen molar-refractivity contribution in [2.45, 2.75) is 21.7 Å². The second-order valence-electron chi connectivity index (χ2n) is 4.05. The SMILES string of the molecule is CCOC(=O)c1c[c]([Sn]([CH3])([CH3])[CH3])on1. The van der Waals surface area contributed by atoms with Gasteiger partial charge in [-0.1, -0.05) is 0 Å². The molecule has 0 bridgehead atoms. The Balaban J connectivity index is 2.83. The molecule has 0 unspecified atom stereocenters. The van der Waals surface area contributed by atoms with Crippen molar-refractivity contribution in [1.29, 1.82) is 0 Å². The number of carbonyl (C=O) groups excluding carboxylic acids is 1. The van der Waals surface area contributed by atoms with Crippen molar-refractivity contribution in [1.82, 2.24) is 5.16 Å². The van der Waals surface area contributed by atoms with Crippen LogP contribution in [0, 0.1) is 0 Å². The van der Waals surface area contributed by atoms with Gasteiger partial charge in [0.15, 0.2) is 0 Å². The number of aromatic nitrogens is 1. The van der Waals surface area contributed by atoms with Crippen LogP contribution in [0.4, 0.5) is 0 Å². The van der Waals surface area contributed by atoms with Gasteiger partial charge in [0.1, 0.15) is 0 Å². The van der Waals surface area contributed by atoms with Crippen LogP contribution in [0.1, 0.15) is 17.4 Å². The third-order valence-corrected chi connectivity index (χ3v) is 6.63. The third kappa shape index (κ3) is 2.73. The summed E-state index contributed by atoms with van der Waals surface area (Å²) in [6, 6.07) is 1.72. The molecule has 0 saturated heterocycles. The van der Waals surface area contributed by atoms with Crippen molar-refractivity contribution in [3.05, 3.63) is 11.8 Å². The molecule has 78 valence electrons. The molecule has 1 aromatic heterocycles. The van der Waals surface area contributed by atoms with Crippen LogP contribution in [-0.4, -0.2) is 36.1 Å². The predicted molar refractivity (Wildman–Crippen MR) is 55.4 cm³/mol. The van der Waals surface area contributed by atoms with Crippen LogP contribution in [0.2, 0.25) is 14.8 Å². The zero-order valence-corrected chi connectivity index (χ0v) is 11.8. The number of carbonyl (C=O) groups is 1. The zero-order chi connectivity index (χ0) is 10.8. The first-order valence-corrected chi connectivity index (χ1v) is 14.6. The van der Waals surface area contributed by atoms with Gasteiger partial charge >= 0.3 is 87.4 Å². The fourth-order valence-electron chi connectivity index (χ4n) is 0.930. The van der Waals surface area contributed by atoms with Crippen LogP contribution in [0.3, 0.4) is 0 Å². The van der Waals surface area contributed by atoms with E-state index in [-0.39, 0.29) is 5.69 Å². The Morgan fingerprint density at radius 3 is 2.64 bits per heavy atom. The number of esters is 1. The van der Waals surface area contributed by atoms with E-state index in [1.54, 1.807) is 13.0 Å². The van der Waals surface area contributed by atoms with Gasteiger partial charge in [-0.25, -0.2) is 0 Å². The molecule has 0 radical (unpaired) electrons. The topological polar surface area (TPSA) is 52.3 Å². The molecule has 0 aromatic carbocycles. The molecule has 0 saturated carbocycles. The molecule has 0 amide bonds. The van der Waals surface area contributed by atoms with Gasteiger partial charge in [-0.05, 0) is 0 Å². The van der Waals surface area contributed by atoms with E-state index in [9.17, 15) is 4.79 Å². The van der Waals surface area contributed by atoms with E-state index in [0.717, 1.165) is 3.78 Å². The first kappa shape index (κ1) is 11.6. The zero-order valence-electron chi connectivity index (χ0n) is 8.96. The van der Waals surface area contributed by atoms with Crippen molar-refractivity contribution in [3.8, 4) is 0 Å². The molecule has 1 rings (SSSR count). The standard InChI is InChI=1S/C6H6NO3.3CH3.Sn/c1-2-9-6(8)5-3-4-10-7-5;;;;/h3H,2H2,1H3;3*1H3;. The molecule has 4 nitrogen and oxygen atoms in total. The van der Waals surface area contributed by atoms with Crippen LogP contribution in [0.5, 0.6) is 0 Å². The Morgan fingerprint density at radius 1 is 1.57 bits per heavy atom. The van der Waals surface area contributed by atoms with E-state index in [1.165, 1.54) is 0 Å². The van der Waals surface area contributed by atoms with Crippen LogP contribution in [0.25, 0.3) is 0 Å². The minimum absolute atomic E-state index is 0.286. The summed E-state index contributed by atoms with van der Waals surface area (Å²) in [5.41, 5.74) is 0.286. The van der Waals surface area contributed by atoms with Gasteiger partial charge < -0.3 is 0 Å². The summed E-state index contributed by atoms with van der Waals surface area (Å²) >= 11 is -2.22. The summed E-state index contributed by atoms with van der Waals surface area (Å²) in [4.78, 5) is 17.9. The summed E-state index contributed by atoms with van der Waals surface area (Å²) in [6.45, 7) is 2.13. The second kappa shape index (κ2) is 4.33. The van der Waals surface area contributed by atoms with E-state index in [1.807, 2.05) is 0 Å². The molecule has 14 heavy (non-hydrogen) atoms. The van der Waals surface area contributed by atoms with Gasteiger partial charge in [0.2, 0.25) is 0 Å². The molecule has 5 heteroatoms. The van der Waals surface area contributed by atoms with Crippen LogP contribution < -0.4 is 3.78 Å². The Morgan fingerprint density at radius 2 is 2.21 bits per heavy atom. The van der Waals surface area contributed by atoms with Crippen molar-refractivity contribution in [3.63, 3.8) is 0 Å². The fourth-order valence-corrected chi connectivity index (χ4v) is 3.47. The Bertz CT molecular complexity index is 327. The fraction of sp³-hybridized carbons (Fsp3) is 0.556. The first-order chi connectivity index (χ1) is 6.45. The first-order valence-electron chi connectivity index (χ1n) is 4.59. The van der Waals surface area contributed by atoms with Gasteiger partial charge in [-0.2, -0.15) is 0 Å². The molecule has 0 aliphatic rings. The Labute approximate surface area is 87.5 Å².